The molecule has 0 aliphatic rings. The Morgan fingerprint density at radius 3 is 2.23 bits per heavy atom. The fourth-order valence-corrected chi connectivity index (χ4v) is 3.36. The van der Waals surface area contributed by atoms with Crippen molar-refractivity contribution in [1.29, 1.82) is 5.41 Å². The molecule has 2 rings (SSSR count). The van der Waals surface area contributed by atoms with Crippen molar-refractivity contribution in [2.75, 3.05) is 19.5 Å². The second-order valence-corrected chi connectivity index (χ2v) is 7.21. The predicted molar refractivity (Wildman–Crippen MR) is 120 cm³/mol. The number of aliphatic imine (C=N–C) groups is 1. The smallest absolute Gasteiger partial charge is 0.231 e. The van der Waals surface area contributed by atoms with Gasteiger partial charge in [-0.25, -0.2) is 0 Å². The summed E-state index contributed by atoms with van der Waals surface area (Å²) >= 11 is 12.3. The lowest BCUT2D eigenvalue weighted by molar-refractivity contribution is -0.118. The van der Waals surface area contributed by atoms with Gasteiger partial charge in [0, 0.05) is 20.4 Å². The van der Waals surface area contributed by atoms with Crippen molar-refractivity contribution in [3.05, 3.63) is 57.6 Å². The van der Waals surface area contributed by atoms with Crippen LogP contribution < -0.4 is 15.4 Å². The van der Waals surface area contributed by atoms with Crippen molar-refractivity contribution in [3.8, 4) is 5.75 Å². The molecule has 2 aromatic rings. The topological polar surface area (TPSA) is 104 Å². The first-order chi connectivity index (χ1) is 14.2. The number of amides is 2. The number of rotatable bonds is 7. The average Bonchev–Trinajstić information content (AvgIpc) is 2.68. The van der Waals surface area contributed by atoms with Crippen molar-refractivity contribution in [3.63, 3.8) is 0 Å². The van der Waals surface area contributed by atoms with Gasteiger partial charge < -0.3 is 15.4 Å². The van der Waals surface area contributed by atoms with Gasteiger partial charge in [-0.15, -0.1) is 0 Å². The number of benzene rings is 2. The molecule has 9 heteroatoms. The van der Waals surface area contributed by atoms with E-state index in [-0.39, 0.29) is 40.5 Å². The average molecular weight is 449 g/mol. The molecule has 7 nitrogen and oxygen atoms in total. The van der Waals surface area contributed by atoms with E-state index in [4.69, 9.17) is 33.3 Å². The van der Waals surface area contributed by atoms with E-state index in [0.717, 1.165) is 5.56 Å². The maximum atomic E-state index is 12.4. The van der Waals surface area contributed by atoms with E-state index in [1.807, 2.05) is 12.1 Å². The van der Waals surface area contributed by atoms with E-state index in [1.54, 1.807) is 38.4 Å². The monoisotopic (exact) mass is 448 g/mol. The fourth-order valence-electron chi connectivity index (χ4n) is 2.73. The largest absolute Gasteiger partial charge is 0.497 e. The highest BCUT2D eigenvalue weighted by atomic mass is 35.5. The highest BCUT2D eigenvalue weighted by molar-refractivity contribution is 6.39. The molecule has 0 aliphatic heterocycles. The molecular weight excluding hydrogens is 427 g/mol. The van der Waals surface area contributed by atoms with E-state index in [1.165, 1.54) is 6.92 Å². The minimum Gasteiger partial charge on any atom is -0.497 e. The maximum Gasteiger partial charge on any atom is 0.231 e. The number of hydrogen-bond acceptors (Lipinski definition) is 5. The van der Waals surface area contributed by atoms with Gasteiger partial charge in [-0.3, -0.25) is 20.0 Å². The fraction of sp³-hybridized carbons (Fsp3) is 0.238. The highest BCUT2D eigenvalue weighted by Crippen LogP contribution is 2.32. The van der Waals surface area contributed by atoms with Gasteiger partial charge in [-0.05, 0) is 47.5 Å². The molecule has 0 fully saturated rings. The van der Waals surface area contributed by atoms with E-state index in [2.05, 4.69) is 15.6 Å². The Morgan fingerprint density at radius 2 is 1.73 bits per heavy atom. The van der Waals surface area contributed by atoms with Crippen LogP contribution in [0, 0.1) is 5.41 Å². The third-order valence-corrected chi connectivity index (χ3v) is 4.69. The quantitative estimate of drug-likeness (QED) is 0.438. The van der Waals surface area contributed by atoms with Gasteiger partial charge in [0.25, 0.3) is 0 Å². The summed E-state index contributed by atoms with van der Waals surface area (Å²) in [4.78, 5) is 27.8. The number of ether oxygens (including phenoxy) is 1. The number of nitrogens with one attached hydrogen (secondary N) is 3. The first-order valence-corrected chi connectivity index (χ1v) is 9.72. The molecule has 0 unspecified atom stereocenters. The maximum absolute atomic E-state index is 12.4. The number of methoxy groups -OCH3 is 1. The summed E-state index contributed by atoms with van der Waals surface area (Å²) in [5.74, 6) is 0.0483. The number of halogens is 2. The van der Waals surface area contributed by atoms with Gasteiger partial charge in [0.2, 0.25) is 11.8 Å². The third-order valence-electron chi connectivity index (χ3n) is 4.10. The molecule has 2 aromatic carbocycles. The molecule has 0 heterocycles. The third kappa shape index (κ3) is 6.57. The Hall–Kier alpha value is -2.90. The lowest BCUT2D eigenvalue weighted by atomic mass is 10.1. The summed E-state index contributed by atoms with van der Waals surface area (Å²) in [6, 6.07) is 10.4. The van der Waals surface area contributed by atoms with E-state index in [0.29, 0.717) is 22.7 Å². The van der Waals surface area contributed by atoms with Crippen LogP contribution in [0.5, 0.6) is 5.75 Å². The Bertz CT molecular complexity index is 965. The second kappa shape index (κ2) is 10.8. The zero-order valence-electron chi connectivity index (χ0n) is 16.8. The molecule has 3 N–H and O–H groups in total. The van der Waals surface area contributed by atoms with Gasteiger partial charge in [0.05, 0.1) is 35.0 Å². The minimum atomic E-state index is -0.358. The number of anilines is 1. The molecule has 158 valence electrons. The minimum absolute atomic E-state index is 0.00963. The Kier molecular flexibility index (Phi) is 8.38. The standard InChI is InChI=1S/C21H22Cl2N4O3/c1-12(28)26-21-16(22)8-13(9-17(21)23)10-19(24)27-20(29)11-18(25-2)14-4-6-15(30-3)7-5-14/h4-9H,10-11H2,1-3H3,(H,26,28)(H2,24,27,29). The van der Waals surface area contributed by atoms with Crippen LogP contribution in [-0.2, 0) is 16.0 Å². The number of hydrogen-bond donors (Lipinski definition) is 3. The number of carbonyl (C=O) groups is 2. The Morgan fingerprint density at radius 1 is 1.13 bits per heavy atom. The molecule has 0 aliphatic carbocycles. The van der Waals surface area contributed by atoms with Crippen LogP contribution >= 0.6 is 23.2 Å². The second-order valence-electron chi connectivity index (χ2n) is 6.39. The molecular formula is C21H22Cl2N4O3. The summed E-state index contributed by atoms with van der Waals surface area (Å²) < 4.78 is 5.13. The summed E-state index contributed by atoms with van der Waals surface area (Å²) in [7, 11) is 3.19. The molecule has 2 amide bonds. The molecule has 0 aromatic heterocycles. The van der Waals surface area contributed by atoms with Crippen molar-refractivity contribution >= 4 is 52.3 Å². The van der Waals surface area contributed by atoms with Gasteiger partial charge in [0.1, 0.15) is 11.6 Å². The van der Waals surface area contributed by atoms with Crippen molar-refractivity contribution in [2.45, 2.75) is 19.8 Å². The molecule has 0 radical (unpaired) electrons. The van der Waals surface area contributed by atoms with Gasteiger partial charge >= 0.3 is 0 Å². The molecule has 0 spiro atoms. The van der Waals surface area contributed by atoms with Crippen LogP contribution in [0.1, 0.15) is 24.5 Å². The first-order valence-electron chi connectivity index (χ1n) is 8.96. The first kappa shape index (κ1) is 23.4. The molecule has 0 atom stereocenters. The summed E-state index contributed by atoms with van der Waals surface area (Å²) in [6.45, 7) is 1.35. The van der Waals surface area contributed by atoms with Gasteiger partial charge in [-0.2, -0.15) is 0 Å². The van der Waals surface area contributed by atoms with Crippen molar-refractivity contribution < 1.29 is 14.3 Å². The molecule has 0 saturated heterocycles. The number of amidine groups is 1. The van der Waals surface area contributed by atoms with Gasteiger partial charge in [-0.1, -0.05) is 23.2 Å². The highest BCUT2D eigenvalue weighted by Gasteiger charge is 2.14. The number of nitrogens with zero attached hydrogens (tertiary/aromatic N) is 1. The van der Waals surface area contributed by atoms with Crippen LogP contribution in [0.25, 0.3) is 0 Å². The van der Waals surface area contributed by atoms with E-state index >= 15 is 0 Å². The SMILES string of the molecule is CN=C(CC(=O)NC(=N)Cc1cc(Cl)c(NC(C)=O)c(Cl)c1)c1ccc(OC)cc1. The lowest BCUT2D eigenvalue weighted by Gasteiger charge is -2.12. The number of carbonyl (C=O) groups excluding carboxylic acids is 2. The Balaban J connectivity index is 2.00. The van der Waals surface area contributed by atoms with E-state index < -0.39 is 0 Å². The van der Waals surface area contributed by atoms with Crippen LogP contribution in [0.3, 0.4) is 0 Å². The lowest BCUT2D eigenvalue weighted by Crippen LogP contribution is -2.32. The predicted octanol–water partition coefficient (Wildman–Crippen LogP) is 4.11. The zero-order valence-corrected chi connectivity index (χ0v) is 18.3. The molecule has 0 bridgehead atoms. The van der Waals surface area contributed by atoms with Crippen molar-refractivity contribution in [2.24, 2.45) is 4.99 Å². The summed E-state index contributed by atoms with van der Waals surface area (Å²) in [5.41, 5.74) is 2.33. The van der Waals surface area contributed by atoms with Crippen molar-refractivity contribution in [1.82, 2.24) is 5.32 Å². The van der Waals surface area contributed by atoms with Gasteiger partial charge in [0.15, 0.2) is 0 Å². The molecule has 30 heavy (non-hydrogen) atoms. The van der Waals surface area contributed by atoms with E-state index in [9.17, 15) is 9.59 Å². The Labute approximate surface area is 184 Å². The van der Waals surface area contributed by atoms with Crippen LogP contribution in [-0.4, -0.2) is 37.5 Å². The normalized spacial score (nSPS) is 11.0. The summed E-state index contributed by atoms with van der Waals surface area (Å²) in [5, 5.41) is 13.7. The van der Waals surface area contributed by atoms with Crippen LogP contribution in [0.2, 0.25) is 10.0 Å². The summed E-state index contributed by atoms with van der Waals surface area (Å²) in [6.07, 6.45) is 0.140. The molecule has 0 saturated carbocycles. The van der Waals surface area contributed by atoms with Crippen LogP contribution in [0.15, 0.2) is 41.4 Å². The van der Waals surface area contributed by atoms with Crippen LogP contribution in [0.4, 0.5) is 5.69 Å². The zero-order chi connectivity index (χ0) is 22.3.